The largest absolute Gasteiger partial charge is 0.503 e. The highest BCUT2D eigenvalue weighted by Gasteiger charge is 2.44. The molecule has 0 aliphatic carbocycles. The second-order valence-electron chi connectivity index (χ2n) is 6.74. The van der Waals surface area contributed by atoms with Crippen LogP contribution in [0.15, 0.2) is 88.7 Å². The van der Waals surface area contributed by atoms with E-state index in [2.05, 4.69) is 0 Å². The maximum atomic E-state index is 13.0. The molecule has 30 heavy (non-hydrogen) atoms. The summed E-state index contributed by atoms with van der Waals surface area (Å²) < 4.78 is 5.16. The Morgan fingerprint density at radius 1 is 1.10 bits per heavy atom. The van der Waals surface area contributed by atoms with E-state index < -0.39 is 28.4 Å². The zero-order valence-corrected chi connectivity index (χ0v) is 15.6. The molecule has 0 saturated carbocycles. The summed E-state index contributed by atoms with van der Waals surface area (Å²) >= 11 is 0. The van der Waals surface area contributed by atoms with Crippen molar-refractivity contribution < 1.29 is 24.0 Å². The molecular weight excluding hydrogens is 388 g/mol. The van der Waals surface area contributed by atoms with Crippen molar-refractivity contribution in [3.63, 3.8) is 0 Å². The molecule has 150 valence electrons. The van der Waals surface area contributed by atoms with Crippen LogP contribution in [-0.4, -0.2) is 26.6 Å². The monoisotopic (exact) mass is 404 g/mol. The van der Waals surface area contributed by atoms with Crippen LogP contribution in [0.4, 0.5) is 5.69 Å². The molecule has 1 unspecified atom stereocenters. The van der Waals surface area contributed by atoms with Crippen molar-refractivity contribution in [2.45, 2.75) is 12.6 Å². The van der Waals surface area contributed by atoms with Crippen LogP contribution in [0, 0.1) is 10.1 Å². The zero-order chi connectivity index (χ0) is 21.3. The molecule has 8 nitrogen and oxygen atoms in total. The molecule has 1 aromatic heterocycles. The van der Waals surface area contributed by atoms with Crippen molar-refractivity contribution in [1.82, 2.24) is 4.90 Å². The number of aliphatic hydroxyl groups is 1. The van der Waals surface area contributed by atoms with Gasteiger partial charge >= 0.3 is 0 Å². The average Bonchev–Trinajstić information content (AvgIpc) is 3.37. The van der Waals surface area contributed by atoms with Crippen LogP contribution < -0.4 is 0 Å². The van der Waals surface area contributed by atoms with E-state index in [1.165, 1.54) is 41.5 Å². The first kappa shape index (κ1) is 19.1. The molecule has 1 atom stereocenters. The summed E-state index contributed by atoms with van der Waals surface area (Å²) in [5, 5.41) is 21.8. The van der Waals surface area contributed by atoms with Crippen LogP contribution in [-0.2, 0) is 11.3 Å². The van der Waals surface area contributed by atoms with Crippen LogP contribution in [0.2, 0.25) is 0 Å². The van der Waals surface area contributed by atoms with Crippen LogP contribution in [0.3, 0.4) is 0 Å². The Hall–Kier alpha value is -4.20. The molecule has 0 bridgehead atoms. The van der Waals surface area contributed by atoms with E-state index in [1.54, 1.807) is 30.3 Å². The number of nitro groups is 1. The average molecular weight is 404 g/mol. The van der Waals surface area contributed by atoms with Crippen molar-refractivity contribution in [2.75, 3.05) is 0 Å². The smallest absolute Gasteiger partial charge is 0.290 e. The lowest BCUT2D eigenvalue weighted by Crippen LogP contribution is -2.30. The van der Waals surface area contributed by atoms with Crippen molar-refractivity contribution in [3.8, 4) is 0 Å². The minimum atomic E-state index is -1.00. The molecule has 2 aromatic carbocycles. The molecule has 1 aliphatic heterocycles. The van der Waals surface area contributed by atoms with Crippen molar-refractivity contribution in [1.29, 1.82) is 0 Å². The molecule has 1 N–H and O–H groups in total. The van der Waals surface area contributed by atoms with Gasteiger partial charge in [-0.3, -0.25) is 19.7 Å². The van der Waals surface area contributed by atoms with Gasteiger partial charge in [0.25, 0.3) is 11.6 Å². The number of furan rings is 1. The number of nitro benzene ring substituents is 1. The Labute approximate surface area is 170 Å². The number of carbonyl (C=O) groups is 2. The summed E-state index contributed by atoms with van der Waals surface area (Å²) in [6.07, 6.45) is 1.31. The van der Waals surface area contributed by atoms with Crippen LogP contribution in [0.25, 0.3) is 0 Å². The normalized spacial score (nSPS) is 16.2. The van der Waals surface area contributed by atoms with E-state index in [1.807, 2.05) is 6.07 Å². The Morgan fingerprint density at radius 2 is 1.87 bits per heavy atom. The fourth-order valence-electron chi connectivity index (χ4n) is 3.52. The molecule has 1 amide bonds. The Bertz CT molecular complexity index is 1150. The summed E-state index contributed by atoms with van der Waals surface area (Å²) in [5.74, 6) is -2.12. The molecule has 1 aliphatic rings. The van der Waals surface area contributed by atoms with Gasteiger partial charge in [-0.2, -0.15) is 0 Å². The number of benzene rings is 2. The molecule has 0 fully saturated rings. The lowest BCUT2D eigenvalue weighted by atomic mass is 9.94. The van der Waals surface area contributed by atoms with Gasteiger partial charge in [0.1, 0.15) is 0 Å². The summed E-state index contributed by atoms with van der Waals surface area (Å²) in [5.41, 5.74) is 0.760. The number of Topliss-reactive ketones (excluding diaryl/α,β-unsaturated/α-hetero) is 1. The number of hydrogen-bond donors (Lipinski definition) is 1. The second-order valence-corrected chi connectivity index (χ2v) is 6.74. The Balaban J connectivity index is 1.83. The third kappa shape index (κ3) is 3.35. The SMILES string of the molecule is O=C(C1=C(O)C(=O)N(Cc2ccccc2)C1c1cccc([N+](=O)[O-])c1)c1ccco1. The molecular formula is C22H16N2O6. The van der Waals surface area contributed by atoms with Crippen molar-refractivity contribution in [2.24, 2.45) is 0 Å². The number of aliphatic hydroxyl groups excluding tert-OH is 1. The minimum Gasteiger partial charge on any atom is -0.503 e. The topological polar surface area (TPSA) is 114 Å². The maximum Gasteiger partial charge on any atom is 0.290 e. The molecule has 8 heteroatoms. The van der Waals surface area contributed by atoms with Crippen molar-refractivity contribution in [3.05, 3.63) is 111 Å². The number of nitrogens with zero attached hydrogens (tertiary/aromatic N) is 2. The summed E-state index contributed by atoms with van der Waals surface area (Å²) in [6, 6.07) is 16.7. The van der Waals surface area contributed by atoms with Gasteiger partial charge in [-0.1, -0.05) is 42.5 Å². The highest BCUT2D eigenvalue weighted by molar-refractivity contribution is 6.15. The standard InChI is InChI=1S/C22H16N2O6/c25-20(17-10-5-11-30-17)18-19(15-8-4-9-16(12-15)24(28)29)23(22(27)21(18)26)13-14-6-2-1-3-7-14/h1-12,19,26H,13H2. The van der Waals surface area contributed by atoms with Crippen LogP contribution >= 0.6 is 0 Å². The van der Waals surface area contributed by atoms with Crippen molar-refractivity contribution >= 4 is 17.4 Å². The highest BCUT2D eigenvalue weighted by Crippen LogP contribution is 2.40. The third-order valence-electron chi connectivity index (χ3n) is 4.89. The fraction of sp³-hybridized carbons (Fsp3) is 0.0909. The molecule has 3 aromatic rings. The predicted octanol–water partition coefficient (Wildman–Crippen LogP) is 3.97. The van der Waals surface area contributed by atoms with E-state index in [0.29, 0.717) is 5.56 Å². The Morgan fingerprint density at radius 3 is 2.53 bits per heavy atom. The molecule has 2 heterocycles. The van der Waals surface area contributed by atoms with E-state index in [9.17, 15) is 24.8 Å². The van der Waals surface area contributed by atoms with E-state index in [0.717, 1.165) is 5.56 Å². The van der Waals surface area contributed by atoms with Crippen LogP contribution in [0.5, 0.6) is 0 Å². The summed E-state index contributed by atoms with van der Waals surface area (Å²) in [7, 11) is 0. The molecule has 0 saturated heterocycles. The van der Waals surface area contributed by atoms with Gasteiger partial charge in [-0.25, -0.2) is 0 Å². The minimum absolute atomic E-state index is 0.0404. The molecule has 0 spiro atoms. The van der Waals surface area contributed by atoms with Crippen LogP contribution in [0.1, 0.15) is 27.7 Å². The molecule has 0 radical (unpaired) electrons. The predicted molar refractivity (Wildman–Crippen MR) is 106 cm³/mol. The number of carbonyl (C=O) groups excluding carboxylic acids is 2. The first-order valence-electron chi connectivity index (χ1n) is 9.08. The lowest BCUT2D eigenvalue weighted by molar-refractivity contribution is -0.384. The number of ketones is 1. The fourth-order valence-corrected chi connectivity index (χ4v) is 3.52. The highest BCUT2D eigenvalue weighted by atomic mass is 16.6. The lowest BCUT2D eigenvalue weighted by Gasteiger charge is -2.26. The van der Waals surface area contributed by atoms with E-state index in [4.69, 9.17) is 4.42 Å². The van der Waals surface area contributed by atoms with Gasteiger partial charge in [0.05, 0.1) is 22.8 Å². The third-order valence-corrected chi connectivity index (χ3v) is 4.89. The number of non-ortho nitro benzene ring substituents is 1. The van der Waals surface area contributed by atoms with E-state index in [-0.39, 0.29) is 23.6 Å². The van der Waals surface area contributed by atoms with Gasteiger partial charge in [0, 0.05) is 18.7 Å². The van der Waals surface area contributed by atoms with Gasteiger partial charge in [0.2, 0.25) is 5.78 Å². The van der Waals surface area contributed by atoms with Gasteiger partial charge in [-0.05, 0) is 23.3 Å². The zero-order valence-electron chi connectivity index (χ0n) is 15.6. The number of hydrogen-bond acceptors (Lipinski definition) is 6. The quantitative estimate of drug-likeness (QED) is 0.378. The number of rotatable bonds is 6. The first-order chi connectivity index (χ1) is 14.5. The second kappa shape index (κ2) is 7.67. The maximum absolute atomic E-state index is 13.0. The Kier molecular flexibility index (Phi) is 4.89. The molecule has 4 rings (SSSR count). The van der Waals surface area contributed by atoms with Gasteiger partial charge in [0.15, 0.2) is 11.5 Å². The summed E-state index contributed by atoms with van der Waals surface area (Å²) in [4.78, 5) is 38.0. The summed E-state index contributed by atoms with van der Waals surface area (Å²) in [6.45, 7) is 0.103. The van der Waals surface area contributed by atoms with E-state index >= 15 is 0 Å². The first-order valence-corrected chi connectivity index (χ1v) is 9.08. The number of amides is 1. The van der Waals surface area contributed by atoms with Gasteiger partial charge in [-0.15, -0.1) is 0 Å². The van der Waals surface area contributed by atoms with Gasteiger partial charge < -0.3 is 14.4 Å².